The number of hydrogen-bond acceptors (Lipinski definition) is 2. The average Bonchev–Trinajstić information content (AvgIpc) is 2.99. The fraction of sp³-hybridized carbons (Fsp3) is 0.579. The van der Waals surface area contributed by atoms with Gasteiger partial charge in [-0.15, -0.1) is 0 Å². The van der Waals surface area contributed by atoms with Crippen LogP contribution in [0.1, 0.15) is 37.7 Å². The van der Waals surface area contributed by atoms with Crippen LogP contribution in [-0.2, 0) is 16.0 Å². The molecule has 0 radical (unpaired) electrons. The van der Waals surface area contributed by atoms with Crippen molar-refractivity contribution in [2.75, 3.05) is 13.1 Å². The van der Waals surface area contributed by atoms with Gasteiger partial charge in [0.2, 0.25) is 5.91 Å². The van der Waals surface area contributed by atoms with Crippen LogP contribution in [0, 0.1) is 17.8 Å². The van der Waals surface area contributed by atoms with E-state index in [-0.39, 0.29) is 17.8 Å². The Morgan fingerprint density at radius 3 is 2.21 bits per heavy atom. The highest BCUT2D eigenvalue weighted by Crippen LogP contribution is 2.36. The summed E-state index contributed by atoms with van der Waals surface area (Å²) in [5.74, 6) is -0.204. The minimum Gasteiger partial charge on any atom is -0.481 e. The molecular formula is C19H27NO4. The number of carboxylic acids is 1. The van der Waals surface area contributed by atoms with E-state index in [0.29, 0.717) is 18.3 Å². The highest BCUT2D eigenvalue weighted by atomic mass is 16.4. The molecule has 2 aliphatic rings. The van der Waals surface area contributed by atoms with E-state index in [4.69, 9.17) is 0 Å². The monoisotopic (exact) mass is 333 g/mol. The lowest BCUT2D eigenvalue weighted by Crippen LogP contribution is -2.33. The molecule has 3 N–H and O–H groups in total. The molecule has 1 aromatic carbocycles. The molecule has 1 heterocycles. The summed E-state index contributed by atoms with van der Waals surface area (Å²) in [6.45, 7) is 1.67. The number of benzene rings is 1. The Balaban J connectivity index is 0.00000208. The van der Waals surface area contributed by atoms with Crippen LogP contribution in [0.2, 0.25) is 0 Å². The van der Waals surface area contributed by atoms with Gasteiger partial charge < -0.3 is 15.5 Å². The zero-order chi connectivity index (χ0) is 16.2. The Kier molecular flexibility index (Phi) is 6.37. The Morgan fingerprint density at radius 2 is 1.67 bits per heavy atom. The minimum atomic E-state index is -0.876. The van der Waals surface area contributed by atoms with E-state index in [2.05, 4.69) is 0 Å². The first kappa shape index (κ1) is 18.5. The normalized spacial score (nSPS) is 23.9. The number of aliphatic carboxylic acids is 1. The van der Waals surface area contributed by atoms with Crippen molar-refractivity contribution in [3.63, 3.8) is 0 Å². The largest absolute Gasteiger partial charge is 0.481 e. The molecule has 1 amide bonds. The van der Waals surface area contributed by atoms with E-state index < -0.39 is 11.9 Å². The molecule has 1 aromatic rings. The van der Waals surface area contributed by atoms with E-state index >= 15 is 0 Å². The molecule has 5 nitrogen and oxygen atoms in total. The van der Waals surface area contributed by atoms with Crippen LogP contribution in [-0.4, -0.2) is 40.4 Å². The molecule has 0 unspecified atom stereocenters. The van der Waals surface area contributed by atoms with E-state index in [1.807, 2.05) is 35.2 Å². The van der Waals surface area contributed by atoms with Crippen molar-refractivity contribution < 1.29 is 20.2 Å². The van der Waals surface area contributed by atoms with Crippen molar-refractivity contribution in [3.8, 4) is 0 Å². The zero-order valence-electron chi connectivity index (χ0n) is 14.0. The molecule has 24 heavy (non-hydrogen) atoms. The first-order chi connectivity index (χ1) is 11.1. The Morgan fingerprint density at radius 1 is 1.08 bits per heavy atom. The summed E-state index contributed by atoms with van der Waals surface area (Å²) < 4.78 is 0. The summed E-state index contributed by atoms with van der Waals surface area (Å²) in [4.78, 5) is 26.0. The first-order valence-electron chi connectivity index (χ1n) is 8.68. The molecule has 3 rings (SSSR count). The molecule has 1 aliphatic carbocycles. The van der Waals surface area contributed by atoms with Gasteiger partial charge in [-0.05, 0) is 36.7 Å². The first-order valence-corrected chi connectivity index (χ1v) is 8.68. The van der Waals surface area contributed by atoms with E-state index in [9.17, 15) is 14.7 Å². The Hall–Kier alpha value is -1.88. The van der Waals surface area contributed by atoms with Gasteiger partial charge in [-0.25, -0.2) is 0 Å². The van der Waals surface area contributed by atoms with E-state index in [1.165, 1.54) is 25.7 Å². The van der Waals surface area contributed by atoms with Gasteiger partial charge in [0.15, 0.2) is 0 Å². The third-order valence-corrected chi connectivity index (χ3v) is 5.42. The molecule has 0 aromatic heterocycles. The molecule has 1 aliphatic heterocycles. The molecule has 1 saturated carbocycles. The smallest absolute Gasteiger partial charge is 0.307 e. The second kappa shape index (κ2) is 8.29. The standard InChI is InChI=1S/C19H25NO3.H2O/c21-18(20-12-15-8-4-5-9-16(15)13-20)11-17(19(22)23)10-14-6-2-1-3-7-14;/h1-3,6-7,15-17H,4-5,8-13H2,(H,22,23);1H2/t15-,16+,17-;/m0./s1. The van der Waals surface area contributed by atoms with Crippen molar-refractivity contribution in [2.45, 2.75) is 38.5 Å². The second-order valence-electron chi connectivity index (χ2n) is 7.03. The second-order valence-corrected chi connectivity index (χ2v) is 7.03. The van der Waals surface area contributed by atoms with Gasteiger partial charge in [-0.1, -0.05) is 43.2 Å². The average molecular weight is 333 g/mol. The number of carbonyl (C=O) groups is 2. The maximum Gasteiger partial charge on any atom is 0.307 e. The van der Waals surface area contributed by atoms with Gasteiger partial charge in [0.25, 0.3) is 0 Å². The van der Waals surface area contributed by atoms with E-state index in [1.54, 1.807) is 0 Å². The predicted molar refractivity (Wildman–Crippen MR) is 91.5 cm³/mol. The molecule has 2 fully saturated rings. The number of carboxylic acid groups (broad SMARTS) is 1. The number of rotatable bonds is 5. The lowest BCUT2D eigenvalue weighted by atomic mass is 9.82. The van der Waals surface area contributed by atoms with Crippen molar-refractivity contribution in [3.05, 3.63) is 35.9 Å². The maximum absolute atomic E-state index is 12.6. The number of nitrogens with zero attached hydrogens (tertiary/aromatic N) is 1. The molecule has 132 valence electrons. The van der Waals surface area contributed by atoms with Crippen molar-refractivity contribution in [1.29, 1.82) is 0 Å². The summed E-state index contributed by atoms with van der Waals surface area (Å²) in [7, 11) is 0. The van der Waals surface area contributed by atoms with Gasteiger partial charge in [0.1, 0.15) is 0 Å². The number of hydrogen-bond donors (Lipinski definition) is 1. The quantitative estimate of drug-likeness (QED) is 0.895. The highest BCUT2D eigenvalue weighted by molar-refractivity contribution is 5.82. The number of likely N-dealkylation sites (tertiary alicyclic amines) is 1. The fourth-order valence-electron chi connectivity index (χ4n) is 4.09. The Labute approximate surface area is 143 Å². The lowest BCUT2D eigenvalue weighted by molar-refractivity contribution is -0.145. The maximum atomic E-state index is 12.6. The molecular weight excluding hydrogens is 306 g/mol. The van der Waals surface area contributed by atoms with Crippen molar-refractivity contribution in [1.82, 2.24) is 4.90 Å². The summed E-state index contributed by atoms with van der Waals surface area (Å²) in [5, 5.41) is 9.46. The van der Waals surface area contributed by atoms with Gasteiger partial charge in [-0.2, -0.15) is 0 Å². The lowest BCUT2D eigenvalue weighted by Gasteiger charge is -2.22. The van der Waals surface area contributed by atoms with Gasteiger partial charge in [0, 0.05) is 19.5 Å². The van der Waals surface area contributed by atoms with Gasteiger partial charge >= 0.3 is 5.97 Å². The van der Waals surface area contributed by atoms with Crippen LogP contribution in [0.5, 0.6) is 0 Å². The minimum absolute atomic E-state index is 0. The number of fused-ring (bicyclic) bond motifs is 1. The topological polar surface area (TPSA) is 89.1 Å². The third-order valence-electron chi connectivity index (χ3n) is 5.42. The molecule has 0 bridgehead atoms. The number of amides is 1. The van der Waals surface area contributed by atoms with Crippen LogP contribution in [0.15, 0.2) is 30.3 Å². The SMILES string of the molecule is O.O=C(O)[C@H](CC(=O)N1C[C@H]2CCCC[C@H]2C1)Cc1ccccc1. The van der Waals surface area contributed by atoms with Crippen molar-refractivity contribution in [2.24, 2.45) is 17.8 Å². The van der Waals surface area contributed by atoms with Crippen LogP contribution < -0.4 is 0 Å². The van der Waals surface area contributed by atoms with Crippen LogP contribution in [0.4, 0.5) is 0 Å². The predicted octanol–water partition coefficient (Wildman–Crippen LogP) is 2.14. The van der Waals surface area contributed by atoms with Crippen LogP contribution >= 0.6 is 0 Å². The number of carbonyl (C=O) groups excluding carboxylic acids is 1. The van der Waals surface area contributed by atoms with Crippen molar-refractivity contribution >= 4 is 11.9 Å². The van der Waals surface area contributed by atoms with Crippen LogP contribution in [0.25, 0.3) is 0 Å². The Bertz CT molecular complexity index is 546. The third kappa shape index (κ3) is 4.35. The molecule has 1 saturated heterocycles. The highest BCUT2D eigenvalue weighted by Gasteiger charge is 2.37. The summed E-state index contributed by atoms with van der Waals surface area (Å²) in [6.07, 6.45) is 5.53. The summed E-state index contributed by atoms with van der Waals surface area (Å²) in [5.41, 5.74) is 0.975. The molecule has 3 atom stereocenters. The molecule has 5 heteroatoms. The van der Waals surface area contributed by atoms with E-state index in [0.717, 1.165) is 18.7 Å². The van der Waals surface area contributed by atoms with Gasteiger partial charge in [-0.3, -0.25) is 9.59 Å². The van der Waals surface area contributed by atoms with Gasteiger partial charge in [0.05, 0.1) is 5.92 Å². The molecule has 0 spiro atoms. The summed E-state index contributed by atoms with van der Waals surface area (Å²) >= 11 is 0. The van der Waals surface area contributed by atoms with Crippen LogP contribution in [0.3, 0.4) is 0 Å². The summed E-state index contributed by atoms with van der Waals surface area (Å²) in [6, 6.07) is 9.56. The fourth-order valence-corrected chi connectivity index (χ4v) is 4.09. The zero-order valence-corrected chi connectivity index (χ0v) is 14.0.